The van der Waals surface area contributed by atoms with Crippen LogP contribution in [-0.2, 0) is 28.6 Å². The summed E-state index contributed by atoms with van der Waals surface area (Å²) in [6, 6.07) is 6.83. The van der Waals surface area contributed by atoms with Crippen LogP contribution >= 0.6 is 0 Å². The number of nitrogens with two attached hydrogens (primary N) is 1. The van der Waals surface area contributed by atoms with E-state index in [1.807, 2.05) is 0 Å². The molecule has 0 aromatic heterocycles. The Labute approximate surface area is 210 Å². The fourth-order valence-electron chi connectivity index (χ4n) is 2.98. The van der Waals surface area contributed by atoms with Gasteiger partial charge in [0.1, 0.15) is 11.9 Å². The van der Waals surface area contributed by atoms with Gasteiger partial charge in [-0.05, 0) is 48.9 Å². The van der Waals surface area contributed by atoms with Gasteiger partial charge in [-0.25, -0.2) is 18.8 Å². The third kappa shape index (κ3) is 8.42. The summed E-state index contributed by atoms with van der Waals surface area (Å²) in [6.07, 6.45) is -0.505. The topological polar surface area (TPSA) is 180 Å². The number of amides is 3. The van der Waals surface area contributed by atoms with Crippen LogP contribution in [0.1, 0.15) is 43.9 Å². The van der Waals surface area contributed by atoms with Gasteiger partial charge in [-0.2, -0.15) is 0 Å². The Hall–Kier alpha value is -4.81. The van der Waals surface area contributed by atoms with Crippen molar-refractivity contribution in [3.05, 3.63) is 65.0 Å². The molecule has 0 spiro atoms. The van der Waals surface area contributed by atoms with E-state index >= 15 is 0 Å². The van der Waals surface area contributed by atoms with Crippen molar-refractivity contribution in [2.45, 2.75) is 18.9 Å². The molecule has 0 aliphatic rings. The number of benzene rings is 2. The molecular weight excluding hydrogens is 493 g/mol. The summed E-state index contributed by atoms with van der Waals surface area (Å²) in [6.45, 7) is -0.846. The van der Waals surface area contributed by atoms with Gasteiger partial charge in [0.05, 0.1) is 31.0 Å². The maximum atomic E-state index is 13.1. The molecule has 2 aromatic carbocycles. The lowest BCUT2D eigenvalue weighted by atomic mass is 10.1. The van der Waals surface area contributed by atoms with Crippen molar-refractivity contribution in [1.29, 1.82) is 0 Å². The zero-order chi connectivity index (χ0) is 27.5. The Morgan fingerprint density at radius 1 is 0.919 bits per heavy atom. The van der Waals surface area contributed by atoms with Gasteiger partial charge in [-0.1, -0.05) is 0 Å². The van der Waals surface area contributed by atoms with E-state index in [4.69, 9.17) is 10.5 Å². The lowest BCUT2D eigenvalue weighted by molar-refractivity contribution is -0.149. The molecule has 0 aliphatic heterocycles. The SMILES string of the molecule is COC(=O)c1ccc(C(=O)OC)c(NC(=O)COC(=O)C(CCC(N)=O)NC(=O)c2ccc(F)cc2)c1. The standard InChI is InChI=1S/C24H24FN3O9/c1-35-22(32)14-5-8-16(23(33)36-2)18(11-14)27-20(30)12-37-24(34)17(9-10-19(26)29)28-21(31)13-3-6-15(25)7-4-13/h3-8,11,17H,9-10,12H2,1-2H3,(H2,26,29)(H,27,30)(H,28,31). The molecule has 37 heavy (non-hydrogen) atoms. The number of rotatable bonds is 11. The van der Waals surface area contributed by atoms with Crippen molar-refractivity contribution in [2.75, 3.05) is 26.1 Å². The molecule has 2 rings (SSSR count). The first-order valence-corrected chi connectivity index (χ1v) is 10.7. The van der Waals surface area contributed by atoms with Crippen LogP contribution in [0.15, 0.2) is 42.5 Å². The van der Waals surface area contributed by atoms with E-state index in [-0.39, 0.29) is 35.2 Å². The molecule has 196 valence electrons. The molecule has 4 N–H and O–H groups in total. The molecular formula is C24H24FN3O9. The largest absolute Gasteiger partial charge is 0.465 e. The minimum atomic E-state index is -1.36. The number of ether oxygens (including phenoxy) is 3. The third-order valence-electron chi connectivity index (χ3n) is 4.84. The first-order valence-electron chi connectivity index (χ1n) is 10.7. The lowest BCUT2D eigenvalue weighted by Crippen LogP contribution is -2.43. The molecule has 0 heterocycles. The summed E-state index contributed by atoms with van der Waals surface area (Å²) in [5.74, 6) is -5.54. The number of primary amides is 1. The Balaban J connectivity index is 2.11. The molecule has 12 nitrogen and oxygen atoms in total. The predicted octanol–water partition coefficient (Wildman–Crippen LogP) is 0.945. The van der Waals surface area contributed by atoms with E-state index in [1.54, 1.807) is 0 Å². The van der Waals surface area contributed by atoms with Crippen LogP contribution in [0.5, 0.6) is 0 Å². The number of esters is 3. The highest BCUT2D eigenvalue weighted by Crippen LogP contribution is 2.20. The van der Waals surface area contributed by atoms with E-state index in [2.05, 4.69) is 20.1 Å². The first kappa shape index (κ1) is 28.4. The summed E-state index contributed by atoms with van der Waals surface area (Å²) in [5.41, 5.74) is 5.00. The van der Waals surface area contributed by atoms with Gasteiger partial charge in [0, 0.05) is 12.0 Å². The minimum Gasteiger partial charge on any atom is -0.465 e. The fourth-order valence-corrected chi connectivity index (χ4v) is 2.98. The molecule has 0 aliphatic carbocycles. The highest BCUT2D eigenvalue weighted by Gasteiger charge is 2.25. The summed E-state index contributed by atoms with van der Waals surface area (Å²) >= 11 is 0. The van der Waals surface area contributed by atoms with Crippen LogP contribution in [0.25, 0.3) is 0 Å². The summed E-state index contributed by atoms with van der Waals surface area (Å²) < 4.78 is 27.3. The monoisotopic (exact) mass is 517 g/mol. The normalized spacial score (nSPS) is 11.0. The third-order valence-corrected chi connectivity index (χ3v) is 4.84. The number of hydrogen-bond acceptors (Lipinski definition) is 9. The van der Waals surface area contributed by atoms with Crippen molar-refractivity contribution < 1.29 is 47.4 Å². The van der Waals surface area contributed by atoms with Crippen molar-refractivity contribution in [3.63, 3.8) is 0 Å². The molecule has 0 fully saturated rings. The zero-order valence-corrected chi connectivity index (χ0v) is 19.9. The van der Waals surface area contributed by atoms with Crippen molar-refractivity contribution in [1.82, 2.24) is 5.32 Å². The fraction of sp³-hybridized carbons (Fsp3) is 0.250. The molecule has 0 saturated carbocycles. The highest BCUT2D eigenvalue weighted by atomic mass is 19.1. The minimum absolute atomic E-state index is 0.0254. The Kier molecular flexibility index (Phi) is 10.2. The smallest absolute Gasteiger partial charge is 0.339 e. The Bertz CT molecular complexity index is 1200. The Morgan fingerprint density at radius 3 is 2.14 bits per heavy atom. The molecule has 3 amide bonds. The van der Waals surface area contributed by atoms with Crippen LogP contribution in [-0.4, -0.2) is 62.5 Å². The molecule has 13 heteroatoms. The second-order valence-corrected chi connectivity index (χ2v) is 7.44. The van der Waals surface area contributed by atoms with Crippen molar-refractivity contribution in [3.8, 4) is 0 Å². The highest BCUT2D eigenvalue weighted by molar-refractivity contribution is 6.04. The van der Waals surface area contributed by atoms with Gasteiger partial charge >= 0.3 is 17.9 Å². The maximum Gasteiger partial charge on any atom is 0.339 e. The number of halogens is 1. The van der Waals surface area contributed by atoms with Gasteiger partial charge in [-0.15, -0.1) is 0 Å². The molecule has 1 atom stereocenters. The molecule has 1 unspecified atom stereocenters. The second kappa shape index (κ2) is 13.3. The van der Waals surface area contributed by atoms with E-state index < -0.39 is 54.1 Å². The van der Waals surface area contributed by atoms with Crippen LogP contribution < -0.4 is 16.4 Å². The predicted molar refractivity (Wildman–Crippen MR) is 125 cm³/mol. The van der Waals surface area contributed by atoms with Crippen molar-refractivity contribution in [2.24, 2.45) is 5.73 Å². The van der Waals surface area contributed by atoms with Gasteiger partial charge in [0.25, 0.3) is 11.8 Å². The van der Waals surface area contributed by atoms with Crippen LogP contribution in [0.4, 0.5) is 10.1 Å². The van der Waals surface area contributed by atoms with Crippen molar-refractivity contribution >= 4 is 41.3 Å². The molecule has 0 saturated heterocycles. The van der Waals surface area contributed by atoms with E-state index in [1.165, 1.54) is 30.3 Å². The van der Waals surface area contributed by atoms with Gasteiger partial charge in [-0.3, -0.25) is 14.4 Å². The van der Waals surface area contributed by atoms with Gasteiger partial charge < -0.3 is 30.6 Å². The number of carbonyl (C=O) groups excluding carboxylic acids is 6. The van der Waals surface area contributed by atoms with Crippen LogP contribution in [0.2, 0.25) is 0 Å². The van der Waals surface area contributed by atoms with Gasteiger partial charge in [0.2, 0.25) is 5.91 Å². The Morgan fingerprint density at radius 2 is 1.54 bits per heavy atom. The molecule has 0 bridgehead atoms. The van der Waals surface area contributed by atoms with E-state index in [0.717, 1.165) is 26.4 Å². The summed E-state index contributed by atoms with van der Waals surface area (Å²) in [5, 5.41) is 4.69. The summed E-state index contributed by atoms with van der Waals surface area (Å²) in [7, 11) is 2.27. The first-order chi connectivity index (χ1) is 17.5. The maximum absolute atomic E-state index is 13.1. The number of nitrogens with one attached hydrogen (secondary N) is 2. The molecule has 0 radical (unpaired) electrons. The van der Waals surface area contributed by atoms with E-state index in [9.17, 15) is 33.2 Å². The van der Waals surface area contributed by atoms with E-state index in [0.29, 0.717) is 0 Å². The molecule has 2 aromatic rings. The zero-order valence-electron chi connectivity index (χ0n) is 19.9. The second-order valence-electron chi connectivity index (χ2n) is 7.44. The van der Waals surface area contributed by atoms with Gasteiger partial charge in [0.15, 0.2) is 6.61 Å². The average molecular weight is 517 g/mol. The quantitative estimate of drug-likeness (QED) is 0.289. The number of carbonyl (C=O) groups is 6. The van der Waals surface area contributed by atoms with Crippen LogP contribution in [0, 0.1) is 5.82 Å². The number of methoxy groups -OCH3 is 2. The number of hydrogen-bond donors (Lipinski definition) is 3. The van der Waals surface area contributed by atoms with Crippen LogP contribution in [0.3, 0.4) is 0 Å². The number of anilines is 1. The average Bonchev–Trinajstić information content (AvgIpc) is 2.88. The summed E-state index contributed by atoms with van der Waals surface area (Å²) in [4.78, 5) is 72.4. The lowest BCUT2D eigenvalue weighted by Gasteiger charge is -2.17.